The van der Waals surface area contributed by atoms with Gasteiger partial charge < -0.3 is 19.9 Å². The molecule has 0 aliphatic carbocycles. The van der Waals surface area contributed by atoms with Gasteiger partial charge in [-0.1, -0.05) is 36.4 Å². The van der Waals surface area contributed by atoms with E-state index in [1.165, 1.54) is 6.21 Å². The Kier molecular flexibility index (Phi) is 8.35. The second kappa shape index (κ2) is 11.4. The first-order valence-corrected chi connectivity index (χ1v) is 10.9. The lowest BCUT2D eigenvalue weighted by Gasteiger charge is -2.35. The molecule has 2 aromatic rings. The van der Waals surface area contributed by atoms with Crippen LogP contribution < -0.4 is 4.90 Å². The normalized spacial score (nSPS) is 15.3. The minimum Gasteiger partial charge on any atom is -0.462 e. The lowest BCUT2D eigenvalue weighted by molar-refractivity contribution is -0.121. The zero-order valence-corrected chi connectivity index (χ0v) is 18.1. The van der Waals surface area contributed by atoms with Crippen LogP contribution in [0.25, 0.3) is 0 Å². The minimum atomic E-state index is -0.460. The van der Waals surface area contributed by atoms with E-state index < -0.39 is 5.92 Å². The van der Waals surface area contributed by atoms with Crippen molar-refractivity contribution in [1.82, 2.24) is 4.90 Å². The van der Waals surface area contributed by atoms with Crippen molar-refractivity contribution < 1.29 is 14.3 Å². The van der Waals surface area contributed by atoms with Gasteiger partial charge in [0.05, 0.1) is 18.1 Å². The van der Waals surface area contributed by atoms with Gasteiger partial charge in [-0.15, -0.1) is 0 Å². The highest BCUT2D eigenvalue weighted by atomic mass is 16.5. The van der Waals surface area contributed by atoms with E-state index in [-0.39, 0.29) is 18.4 Å². The van der Waals surface area contributed by atoms with Crippen LogP contribution in [0.4, 0.5) is 5.69 Å². The number of hydrogen-bond donors (Lipinski definition) is 1. The summed E-state index contributed by atoms with van der Waals surface area (Å²) in [5.74, 6) is -0.824. The maximum Gasteiger partial charge on any atom is 0.338 e. The minimum absolute atomic E-state index is 0.0129. The molecule has 3 rings (SSSR count). The molecule has 1 aliphatic heterocycles. The number of hydrogen-bond acceptors (Lipinski definition) is 6. The molecule has 0 spiro atoms. The van der Waals surface area contributed by atoms with E-state index in [1.807, 2.05) is 18.2 Å². The molecule has 1 saturated heterocycles. The van der Waals surface area contributed by atoms with E-state index in [2.05, 4.69) is 29.0 Å². The van der Waals surface area contributed by atoms with Crippen LogP contribution in [0.5, 0.6) is 0 Å². The zero-order valence-electron chi connectivity index (χ0n) is 18.1. The Balaban J connectivity index is 1.51. The highest BCUT2D eigenvalue weighted by Gasteiger charge is 2.21. The number of ketones is 1. The maximum absolute atomic E-state index is 12.7. The summed E-state index contributed by atoms with van der Waals surface area (Å²) in [7, 11) is 2.13. The molecule has 0 saturated carbocycles. The molecule has 1 N–H and O–H groups in total. The standard InChI is InChI=1S/C25H31N3O3/c1-27-13-15-28(16-14-27)23-11-6-5-10-21(23)18-22(19-26)24(29)12-7-17-31-25(30)20-8-3-2-4-9-20/h2-6,8-11,19,22,26H,7,12-18H2,1H3/t22-/m0/s1. The molecule has 0 amide bonds. The van der Waals surface area contributed by atoms with E-state index in [9.17, 15) is 9.59 Å². The Morgan fingerprint density at radius 3 is 2.42 bits per heavy atom. The highest BCUT2D eigenvalue weighted by Crippen LogP contribution is 2.24. The molecular weight excluding hydrogens is 390 g/mol. The zero-order chi connectivity index (χ0) is 22.1. The summed E-state index contributed by atoms with van der Waals surface area (Å²) < 4.78 is 5.26. The van der Waals surface area contributed by atoms with Gasteiger partial charge in [-0.2, -0.15) is 0 Å². The largest absolute Gasteiger partial charge is 0.462 e. The third-order valence-corrected chi connectivity index (χ3v) is 5.70. The van der Waals surface area contributed by atoms with Crippen molar-refractivity contribution >= 4 is 23.7 Å². The number of benzene rings is 2. The Bertz CT molecular complexity index is 877. The summed E-state index contributed by atoms with van der Waals surface area (Å²) in [5, 5.41) is 7.79. The van der Waals surface area contributed by atoms with Gasteiger partial charge in [0.15, 0.2) is 0 Å². The van der Waals surface area contributed by atoms with Gasteiger partial charge in [0, 0.05) is 44.5 Å². The molecule has 0 bridgehead atoms. The van der Waals surface area contributed by atoms with Gasteiger partial charge in [0.25, 0.3) is 0 Å². The van der Waals surface area contributed by atoms with Gasteiger partial charge in [-0.3, -0.25) is 4.79 Å². The van der Waals surface area contributed by atoms with Crippen LogP contribution in [0, 0.1) is 11.3 Å². The SMILES string of the molecule is CN1CCN(c2ccccc2C[C@@H](C=N)C(=O)CCCOC(=O)c2ccccc2)CC1. The van der Waals surface area contributed by atoms with Gasteiger partial charge >= 0.3 is 5.97 Å². The molecule has 164 valence electrons. The molecule has 6 heteroatoms. The fourth-order valence-corrected chi connectivity index (χ4v) is 3.80. The fraction of sp³-hybridized carbons (Fsp3) is 0.400. The number of anilines is 1. The number of nitrogens with zero attached hydrogens (tertiary/aromatic N) is 2. The van der Waals surface area contributed by atoms with Crippen molar-refractivity contribution in [3.8, 4) is 0 Å². The van der Waals surface area contributed by atoms with E-state index in [4.69, 9.17) is 10.1 Å². The third-order valence-electron chi connectivity index (χ3n) is 5.70. The number of esters is 1. The number of nitrogens with one attached hydrogen (secondary N) is 1. The molecule has 0 aromatic heterocycles. The average Bonchev–Trinajstić information content (AvgIpc) is 2.81. The van der Waals surface area contributed by atoms with Crippen molar-refractivity contribution in [3.05, 3.63) is 65.7 Å². The van der Waals surface area contributed by atoms with Crippen LogP contribution in [0.15, 0.2) is 54.6 Å². The first-order chi connectivity index (χ1) is 15.1. The van der Waals surface area contributed by atoms with Crippen LogP contribution in [0.1, 0.15) is 28.8 Å². The van der Waals surface area contributed by atoms with Crippen molar-refractivity contribution in [1.29, 1.82) is 5.41 Å². The molecule has 1 atom stereocenters. The van der Waals surface area contributed by atoms with E-state index in [1.54, 1.807) is 24.3 Å². The highest BCUT2D eigenvalue weighted by molar-refractivity contribution is 5.94. The number of carbonyl (C=O) groups excluding carboxylic acids is 2. The number of para-hydroxylation sites is 1. The lowest BCUT2D eigenvalue weighted by atomic mass is 9.92. The molecule has 0 radical (unpaired) electrons. The molecule has 1 heterocycles. The summed E-state index contributed by atoms with van der Waals surface area (Å²) in [6, 6.07) is 17.0. The quantitative estimate of drug-likeness (QED) is 0.361. The van der Waals surface area contributed by atoms with Crippen molar-refractivity contribution in [2.24, 2.45) is 5.92 Å². The van der Waals surface area contributed by atoms with E-state index in [0.29, 0.717) is 24.8 Å². The van der Waals surface area contributed by atoms with Crippen molar-refractivity contribution in [2.45, 2.75) is 19.3 Å². The summed E-state index contributed by atoms with van der Waals surface area (Å²) >= 11 is 0. The Labute approximate surface area is 184 Å². The molecule has 6 nitrogen and oxygen atoms in total. The van der Waals surface area contributed by atoms with Crippen LogP contribution in [-0.4, -0.2) is 62.7 Å². The average molecular weight is 422 g/mol. The number of carbonyl (C=O) groups is 2. The predicted octanol–water partition coefficient (Wildman–Crippen LogP) is 3.45. The summed E-state index contributed by atoms with van der Waals surface area (Å²) in [6.45, 7) is 4.15. The number of piperazine rings is 1. The molecule has 2 aromatic carbocycles. The first kappa shape index (κ1) is 22.7. The van der Waals surface area contributed by atoms with Gasteiger partial charge in [0.2, 0.25) is 0 Å². The fourth-order valence-electron chi connectivity index (χ4n) is 3.80. The van der Waals surface area contributed by atoms with Gasteiger partial charge in [-0.05, 0) is 43.7 Å². The van der Waals surface area contributed by atoms with Crippen LogP contribution in [-0.2, 0) is 16.0 Å². The number of rotatable bonds is 10. The number of likely N-dealkylation sites (N-methyl/N-ethyl adjacent to an activating group) is 1. The first-order valence-electron chi connectivity index (χ1n) is 10.9. The van der Waals surface area contributed by atoms with Crippen molar-refractivity contribution in [3.63, 3.8) is 0 Å². The Morgan fingerprint density at radius 2 is 1.71 bits per heavy atom. The summed E-state index contributed by atoms with van der Waals surface area (Å²) in [5.41, 5.74) is 2.77. The molecular formula is C25H31N3O3. The van der Waals surface area contributed by atoms with Crippen LogP contribution in [0.2, 0.25) is 0 Å². The summed E-state index contributed by atoms with van der Waals surface area (Å²) in [6.07, 6.45) is 2.52. The van der Waals surface area contributed by atoms with E-state index >= 15 is 0 Å². The van der Waals surface area contributed by atoms with Gasteiger partial charge in [0.1, 0.15) is 5.78 Å². The van der Waals surface area contributed by atoms with E-state index in [0.717, 1.165) is 37.4 Å². The second-order valence-corrected chi connectivity index (χ2v) is 7.97. The van der Waals surface area contributed by atoms with Crippen LogP contribution >= 0.6 is 0 Å². The molecule has 1 fully saturated rings. The Hall–Kier alpha value is -2.99. The molecule has 0 unspecified atom stereocenters. The maximum atomic E-state index is 12.7. The molecule has 31 heavy (non-hydrogen) atoms. The smallest absolute Gasteiger partial charge is 0.338 e. The van der Waals surface area contributed by atoms with Crippen LogP contribution in [0.3, 0.4) is 0 Å². The third kappa shape index (κ3) is 6.49. The number of ether oxygens (including phenoxy) is 1. The predicted molar refractivity (Wildman–Crippen MR) is 123 cm³/mol. The molecule has 1 aliphatic rings. The van der Waals surface area contributed by atoms with Crippen molar-refractivity contribution in [2.75, 3.05) is 44.7 Å². The lowest BCUT2D eigenvalue weighted by Crippen LogP contribution is -2.44. The topological polar surface area (TPSA) is 73.7 Å². The second-order valence-electron chi connectivity index (χ2n) is 7.97. The van der Waals surface area contributed by atoms with Gasteiger partial charge in [-0.25, -0.2) is 4.79 Å². The Morgan fingerprint density at radius 1 is 1.03 bits per heavy atom. The monoisotopic (exact) mass is 421 g/mol. The summed E-state index contributed by atoms with van der Waals surface area (Å²) in [4.78, 5) is 29.4. The number of Topliss-reactive ketones (excluding diaryl/α,β-unsaturated/α-hetero) is 1.